The molecule has 0 atom stereocenters. The number of rotatable bonds is 4. The highest BCUT2D eigenvalue weighted by molar-refractivity contribution is 5.75. The Balaban J connectivity index is 2.42. The molecule has 0 aliphatic carbocycles. The fourth-order valence-electron chi connectivity index (χ4n) is 1.18. The lowest BCUT2D eigenvalue weighted by atomic mass is 10.3. The Kier molecular flexibility index (Phi) is 4.03. The first kappa shape index (κ1) is 11.4. The quantitative estimate of drug-likeness (QED) is 0.707. The molecule has 0 bridgehead atoms. The minimum absolute atomic E-state index is 0.0759. The lowest BCUT2D eigenvalue weighted by Gasteiger charge is -2.09. The molecule has 0 aromatic carbocycles. The molecule has 1 amide bonds. The fourth-order valence-corrected chi connectivity index (χ4v) is 1.18. The van der Waals surface area contributed by atoms with Crippen molar-refractivity contribution in [3.63, 3.8) is 0 Å². The third kappa shape index (κ3) is 3.53. The van der Waals surface area contributed by atoms with E-state index in [9.17, 15) is 9.59 Å². The summed E-state index contributed by atoms with van der Waals surface area (Å²) in [4.78, 5) is 27.6. The number of hydrogen-bond acceptors (Lipinski definition) is 3. The van der Waals surface area contributed by atoms with E-state index < -0.39 is 0 Å². The van der Waals surface area contributed by atoms with Crippen molar-refractivity contribution in [2.45, 2.75) is 19.4 Å². The predicted octanol–water partition coefficient (Wildman–Crippen LogP) is 0.112. The molecule has 0 saturated carbocycles. The van der Waals surface area contributed by atoms with Crippen molar-refractivity contribution in [1.29, 1.82) is 0 Å². The van der Waals surface area contributed by atoms with Crippen LogP contribution in [0.5, 0.6) is 0 Å². The second-order valence-electron chi connectivity index (χ2n) is 3.49. The van der Waals surface area contributed by atoms with Crippen LogP contribution in [-0.4, -0.2) is 34.5 Å². The molecule has 0 unspecified atom stereocenters. The average Bonchev–Trinajstić information content (AvgIpc) is 2.20. The maximum absolute atomic E-state index is 11.2. The van der Waals surface area contributed by atoms with Gasteiger partial charge in [0.1, 0.15) is 0 Å². The minimum atomic E-state index is -0.269. The second kappa shape index (κ2) is 5.29. The van der Waals surface area contributed by atoms with Crippen LogP contribution in [-0.2, 0) is 11.3 Å². The van der Waals surface area contributed by atoms with Crippen LogP contribution in [0.1, 0.15) is 12.8 Å². The highest BCUT2D eigenvalue weighted by Crippen LogP contribution is 1.95. The van der Waals surface area contributed by atoms with Crippen LogP contribution >= 0.6 is 0 Å². The van der Waals surface area contributed by atoms with E-state index in [1.165, 1.54) is 10.8 Å². The number of aromatic nitrogens is 2. The largest absolute Gasteiger partial charge is 0.349 e. The number of carbonyl (C=O) groups is 1. The van der Waals surface area contributed by atoms with Gasteiger partial charge in [-0.1, -0.05) is 0 Å². The van der Waals surface area contributed by atoms with Crippen molar-refractivity contribution in [2.24, 2.45) is 0 Å². The maximum atomic E-state index is 11.2. The zero-order valence-corrected chi connectivity index (χ0v) is 9.01. The monoisotopic (exact) mass is 209 g/mol. The number of aryl methyl sites for hydroxylation is 1. The Labute approximate surface area is 88.4 Å². The number of carbonyl (C=O) groups excluding carboxylic acids is 1. The Hall–Kier alpha value is -1.65. The van der Waals surface area contributed by atoms with Gasteiger partial charge in [-0.2, -0.15) is 0 Å². The predicted molar refractivity (Wildman–Crippen MR) is 56.4 cm³/mol. The molecule has 1 aromatic rings. The second-order valence-corrected chi connectivity index (χ2v) is 3.49. The van der Waals surface area contributed by atoms with Crippen molar-refractivity contribution in [2.75, 3.05) is 14.1 Å². The summed E-state index contributed by atoms with van der Waals surface area (Å²) in [5, 5.41) is 0. The molecule has 0 aliphatic rings. The molecule has 1 aromatic heterocycles. The van der Waals surface area contributed by atoms with Crippen molar-refractivity contribution in [3.8, 4) is 0 Å². The SMILES string of the molecule is CN(C)C(=O)CCCn1cccnc1=O. The summed E-state index contributed by atoms with van der Waals surface area (Å²) in [6, 6.07) is 1.70. The van der Waals surface area contributed by atoms with Crippen LogP contribution in [0.15, 0.2) is 23.3 Å². The number of hydrogen-bond donors (Lipinski definition) is 0. The van der Waals surface area contributed by atoms with Gasteiger partial charge in [-0.3, -0.25) is 9.36 Å². The third-order valence-electron chi connectivity index (χ3n) is 2.07. The van der Waals surface area contributed by atoms with E-state index in [2.05, 4.69) is 4.98 Å². The van der Waals surface area contributed by atoms with Crippen LogP contribution in [0.4, 0.5) is 0 Å². The van der Waals surface area contributed by atoms with E-state index in [1.807, 2.05) is 0 Å². The average molecular weight is 209 g/mol. The van der Waals surface area contributed by atoms with Gasteiger partial charge in [0.25, 0.3) is 0 Å². The topological polar surface area (TPSA) is 55.2 Å². The van der Waals surface area contributed by atoms with Gasteiger partial charge in [0, 0.05) is 39.5 Å². The van der Waals surface area contributed by atoms with Crippen molar-refractivity contribution < 1.29 is 4.79 Å². The summed E-state index contributed by atoms with van der Waals surface area (Å²) in [5.41, 5.74) is -0.269. The lowest BCUT2D eigenvalue weighted by molar-refractivity contribution is -0.128. The molecule has 0 saturated heterocycles. The highest BCUT2D eigenvalue weighted by Gasteiger charge is 2.03. The first-order valence-electron chi connectivity index (χ1n) is 4.83. The molecule has 0 fully saturated rings. The molecular formula is C10H15N3O2. The molecule has 82 valence electrons. The molecule has 1 rings (SSSR count). The first-order valence-corrected chi connectivity index (χ1v) is 4.83. The van der Waals surface area contributed by atoms with Gasteiger partial charge in [-0.25, -0.2) is 9.78 Å². The van der Waals surface area contributed by atoms with Crippen LogP contribution in [0.2, 0.25) is 0 Å². The van der Waals surface area contributed by atoms with E-state index in [-0.39, 0.29) is 11.6 Å². The molecule has 5 nitrogen and oxygen atoms in total. The van der Waals surface area contributed by atoms with Crippen molar-refractivity contribution in [1.82, 2.24) is 14.5 Å². The fraction of sp³-hybridized carbons (Fsp3) is 0.500. The van der Waals surface area contributed by atoms with Gasteiger partial charge < -0.3 is 4.90 Å². The molecule has 0 spiro atoms. The van der Waals surface area contributed by atoms with Crippen LogP contribution < -0.4 is 5.69 Å². The zero-order valence-electron chi connectivity index (χ0n) is 9.01. The van der Waals surface area contributed by atoms with Gasteiger partial charge in [0.15, 0.2) is 0 Å². The van der Waals surface area contributed by atoms with Gasteiger partial charge in [-0.05, 0) is 12.5 Å². The summed E-state index contributed by atoms with van der Waals surface area (Å²) in [7, 11) is 3.44. The van der Waals surface area contributed by atoms with E-state index in [0.717, 1.165) is 0 Å². The molecule has 0 radical (unpaired) electrons. The first-order chi connectivity index (χ1) is 7.11. The minimum Gasteiger partial charge on any atom is -0.349 e. The summed E-state index contributed by atoms with van der Waals surface area (Å²) in [5.74, 6) is 0.0759. The molecule has 1 heterocycles. The van der Waals surface area contributed by atoms with Gasteiger partial charge in [0.2, 0.25) is 5.91 Å². The third-order valence-corrected chi connectivity index (χ3v) is 2.07. The zero-order chi connectivity index (χ0) is 11.3. The summed E-state index contributed by atoms with van der Waals surface area (Å²) < 4.78 is 1.50. The molecule has 15 heavy (non-hydrogen) atoms. The molecule has 0 aliphatic heterocycles. The smallest absolute Gasteiger partial charge is 0.347 e. The van der Waals surface area contributed by atoms with Crippen molar-refractivity contribution in [3.05, 3.63) is 28.9 Å². The summed E-state index contributed by atoms with van der Waals surface area (Å²) >= 11 is 0. The van der Waals surface area contributed by atoms with E-state index >= 15 is 0 Å². The number of amides is 1. The Morgan fingerprint density at radius 1 is 1.53 bits per heavy atom. The molecular weight excluding hydrogens is 194 g/mol. The lowest BCUT2D eigenvalue weighted by Crippen LogP contribution is -2.24. The molecule has 5 heteroatoms. The van der Waals surface area contributed by atoms with Crippen molar-refractivity contribution >= 4 is 5.91 Å². The Bertz CT molecular complexity index is 384. The molecule has 0 N–H and O–H groups in total. The normalized spacial score (nSPS) is 10.0. The van der Waals surface area contributed by atoms with E-state index in [1.54, 1.807) is 31.3 Å². The van der Waals surface area contributed by atoms with Crippen LogP contribution in [0.25, 0.3) is 0 Å². The maximum Gasteiger partial charge on any atom is 0.347 e. The Morgan fingerprint density at radius 3 is 2.87 bits per heavy atom. The van der Waals surface area contributed by atoms with E-state index in [4.69, 9.17) is 0 Å². The number of nitrogens with zero attached hydrogens (tertiary/aromatic N) is 3. The van der Waals surface area contributed by atoms with Gasteiger partial charge in [0.05, 0.1) is 0 Å². The summed E-state index contributed by atoms with van der Waals surface area (Å²) in [6.45, 7) is 0.534. The Morgan fingerprint density at radius 2 is 2.27 bits per heavy atom. The van der Waals surface area contributed by atoms with E-state index in [0.29, 0.717) is 19.4 Å². The highest BCUT2D eigenvalue weighted by atomic mass is 16.2. The van der Waals surface area contributed by atoms with Crippen LogP contribution in [0.3, 0.4) is 0 Å². The van der Waals surface area contributed by atoms with Gasteiger partial charge in [-0.15, -0.1) is 0 Å². The van der Waals surface area contributed by atoms with Crippen LogP contribution in [0, 0.1) is 0 Å². The standard InChI is InChI=1S/C10H15N3O2/c1-12(2)9(14)5-3-7-13-8-4-6-11-10(13)15/h4,6,8H,3,5,7H2,1-2H3. The summed E-state index contributed by atoms with van der Waals surface area (Å²) in [6.07, 6.45) is 4.25. The van der Waals surface area contributed by atoms with Gasteiger partial charge >= 0.3 is 5.69 Å².